The Morgan fingerprint density at radius 2 is 1.95 bits per heavy atom. The topological polar surface area (TPSA) is 18.5 Å². The maximum atomic E-state index is 5.98. The minimum atomic E-state index is -0.128. The lowest BCUT2D eigenvalue weighted by atomic mass is 9.90. The van der Waals surface area contributed by atoms with Crippen LogP contribution in [0.15, 0.2) is 36.4 Å². The molecule has 0 radical (unpaired) electrons. The van der Waals surface area contributed by atoms with Gasteiger partial charge >= 0.3 is 0 Å². The van der Waals surface area contributed by atoms with E-state index >= 15 is 0 Å². The summed E-state index contributed by atoms with van der Waals surface area (Å²) in [7, 11) is 1.72. The van der Waals surface area contributed by atoms with Crippen LogP contribution < -0.4 is 4.74 Å². The Kier molecular flexibility index (Phi) is 3.74. The molecule has 2 atom stereocenters. The number of ether oxygens (including phenoxy) is 2. The summed E-state index contributed by atoms with van der Waals surface area (Å²) in [6.07, 6.45) is 2.22. The molecule has 1 fully saturated rings. The molecule has 0 aromatic heterocycles. The second-order valence-corrected chi connectivity index (χ2v) is 6.45. The molecule has 3 rings (SSSR count). The molecular weight excluding hydrogens is 316 g/mol. The minimum Gasteiger partial charge on any atom is -0.496 e. The fraction of sp³-hybridized carbons (Fsp3) is 0.412. The van der Waals surface area contributed by atoms with Gasteiger partial charge in [-0.1, -0.05) is 46.3 Å². The summed E-state index contributed by atoms with van der Waals surface area (Å²) >= 11 is 3.87. The van der Waals surface area contributed by atoms with Crippen molar-refractivity contribution in [2.45, 2.75) is 30.2 Å². The van der Waals surface area contributed by atoms with E-state index in [1.54, 1.807) is 7.11 Å². The summed E-state index contributed by atoms with van der Waals surface area (Å²) in [4.78, 5) is 0.188. The molecular formula is C17H19BrO2. The van der Waals surface area contributed by atoms with Crippen LogP contribution in [0.3, 0.4) is 0 Å². The zero-order chi connectivity index (χ0) is 14.2. The summed E-state index contributed by atoms with van der Waals surface area (Å²) in [6.45, 7) is 3.05. The Balaban J connectivity index is 2.12. The summed E-state index contributed by atoms with van der Waals surface area (Å²) in [5.41, 5.74) is 1.14. The molecule has 2 aromatic carbocycles. The number of fused-ring (bicyclic) bond motifs is 1. The van der Waals surface area contributed by atoms with Crippen molar-refractivity contribution in [3.8, 4) is 5.75 Å². The van der Waals surface area contributed by atoms with Crippen molar-refractivity contribution in [3.05, 3.63) is 42.0 Å². The van der Waals surface area contributed by atoms with Gasteiger partial charge in [-0.25, -0.2) is 0 Å². The van der Waals surface area contributed by atoms with Crippen molar-refractivity contribution in [3.63, 3.8) is 0 Å². The zero-order valence-electron chi connectivity index (χ0n) is 11.9. The first-order chi connectivity index (χ1) is 9.65. The number of alkyl halides is 1. The van der Waals surface area contributed by atoms with Gasteiger partial charge in [0.1, 0.15) is 5.75 Å². The molecule has 0 aliphatic carbocycles. The van der Waals surface area contributed by atoms with Crippen molar-refractivity contribution < 1.29 is 9.47 Å². The Hall–Kier alpha value is -1.06. The average Bonchev–Trinajstić information content (AvgIpc) is 2.93. The molecule has 0 saturated carbocycles. The molecule has 1 aliphatic rings. The van der Waals surface area contributed by atoms with Gasteiger partial charge in [0, 0.05) is 12.0 Å². The van der Waals surface area contributed by atoms with Crippen LogP contribution in [0.4, 0.5) is 0 Å². The van der Waals surface area contributed by atoms with Crippen molar-refractivity contribution in [2.75, 3.05) is 13.7 Å². The fourth-order valence-electron chi connectivity index (χ4n) is 3.02. The average molecular weight is 335 g/mol. The first-order valence-corrected chi connectivity index (χ1v) is 7.91. The van der Waals surface area contributed by atoms with Crippen LogP contribution in [0.5, 0.6) is 5.75 Å². The number of methoxy groups -OCH3 is 1. The maximum Gasteiger partial charge on any atom is 0.126 e. The van der Waals surface area contributed by atoms with Crippen molar-refractivity contribution in [2.24, 2.45) is 0 Å². The van der Waals surface area contributed by atoms with Gasteiger partial charge in [-0.15, -0.1) is 0 Å². The molecule has 1 aliphatic heterocycles. The third kappa shape index (κ3) is 2.23. The molecule has 106 valence electrons. The van der Waals surface area contributed by atoms with Gasteiger partial charge in [0.2, 0.25) is 0 Å². The van der Waals surface area contributed by atoms with Gasteiger partial charge in [0.25, 0.3) is 0 Å². The number of hydrogen-bond acceptors (Lipinski definition) is 2. The molecule has 20 heavy (non-hydrogen) atoms. The van der Waals surface area contributed by atoms with Gasteiger partial charge in [-0.2, -0.15) is 0 Å². The van der Waals surface area contributed by atoms with E-state index in [4.69, 9.17) is 9.47 Å². The van der Waals surface area contributed by atoms with Crippen molar-refractivity contribution >= 4 is 26.7 Å². The molecule has 2 aromatic rings. The molecule has 2 unspecified atom stereocenters. The summed E-state index contributed by atoms with van der Waals surface area (Å²) in [6, 6.07) is 12.6. The predicted octanol–water partition coefficient (Wildman–Crippen LogP) is 4.85. The summed E-state index contributed by atoms with van der Waals surface area (Å²) in [5, 5.41) is 2.38. The number of hydrogen-bond donors (Lipinski definition) is 0. The smallest absolute Gasteiger partial charge is 0.126 e. The van der Waals surface area contributed by atoms with E-state index in [2.05, 4.69) is 47.1 Å². The second kappa shape index (κ2) is 5.38. The molecule has 0 amide bonds. The Labute approximate surface area is 128 Å². The summed E-state index contributed by atoms with van der Waals surface area (Å²) < 4.78 is 11.5. The third-order valence-corrected chi connectivity index (χ3v) is 5.66. The number of rotatable bonds is 3. The van der Waals surface area contributed by atoms with E-state index in [1.807, 2.05) is 12.1 Å². The maximum absolute atomic E-state index is 5.98. The Bertz CT molecular complexity index is 617. The van der Waals surface area contributed by atoms with Crippen LogP contribution in [0, 0.1) is 0 Å². The number of benzene rings is 2. The van der Waals surface area contributed by atoms with Gasteiger partial charge in [0.15, 0.2) is 0 Å². The SMILES string of the molecule is COc1ccc(C(Br)C2(C)CCCO2)c2ccccc12. The molecule has 2 nitrogen and oxygen atoms in total. The monoisotopic (exact) mass is 334 g/mol. The van der Waals surface area contributed by atoms with E-state index in [9.17, 15) is 0 Å². The second-order valence-electron chi connectivity index (χ2n) is 5.53. The highest BCUT2D eigenvalue weighted by Gasteiger charge is 2.38. The highest BCUT2D eigenvalue weighted by Crippen LogP contribution is 2.46. The van der Waals surface area contributed by atoms with Gasteiger partial charge in [-0.3, -0.25) is 0 Å². The molecule has 3 heteroatoms. The summed E-state index contributed by atoms with van der Waals surface area (Å²) in [5.74, 6) is 0.918. The molecule has 1 heterocycles. The minimum absolute atomic E-state index is 0.128. The Morgan fingerprint density at radius 3 is 2.60 bits per heavy atom. The van der Waals surface area contributed by atoms with E-state index in [1.165, 1.54) is 10.9 Å². The predicted molar refractivity (Wildman–Crippen MR) is 85.8 cm³/mol. The van der Waals surface area contributed by atoms with Crippen molar-refractivity contribution in [1.82, 2.24) is 0 Å². The van der Waals surface area contributed by atoms with E-state index in [0.29, 0.717) is 0 Å². The molecule has 0 spiro atoms. The molecule has 1 saturated heterocycles. The third-order valence-electron chi connectivity index (χ3n) is 4.20. The first kappa shape index (κ1) is 13.9. The molecule has 0 bridgehead atoms. The molecule has 0 N–H and O–H groups in total. The van der Waals surface area contributed by atoms with Gasteiger partial charge < -0.3 is 9.47 Å². The van der Waals surface area contributed by atoms with Crippen LogP contribution in [0.2, 0.25) is 0 Å². The van der Waals surface area contributed by atoms with Crippen LogP contribution >= 0.6 is 15.9 Å². The lowest BCUT2D eigenvalue weighted by Gasteiger charge is -2.30. The largest absolute Gasteiger partial charge is 0.496 e. The van der Waals surface area contributed by atoms with Crippen LogP contribution in [0.25, 0.3) is 10.8 Å². The first-order valence-electron chi connectivity index (χ1n) is 6.99. The van der Waals surface area contributed by atoms with Crippen molar-refractivity contribution in [1.29, 1.82) is 0 Å². The standard InChI is InChI=1S/C17H19BrO2/c1-17(10-5-11-20-17)16(18)14-8-9-15(19-2)13-7-4-3-6-12(13)14/h3-4,6-9,16H,5,10-11H2,1-2H3. The zero-order valence-corrected chi connectivity index (χ0v) is 13.4. The lowest BCUT2D eigenvalue weighted by Crippen LogP contribution is -2.28. The van der Waals surface area contributed by atoms with E-state index in [0.717, 1.165) is 30.6 Å². The van der Waals surface area contributed by atoms with Gasteiger partial charge in [0.05, 0.1) is 17.5 Å². The van der Waals surface area contributed by atoms with Crippen LogP contribution in [0.1, 0.15) is 30.2 Å². The fourth-order valence-corrected chi connectivity index (χ4v) is 3.78. The van der Waals surface area contributed by atoms with Crippen LogP contribution in [-0.2, 0) is 4.74 Å². The lowest BCUT2D eigenvalue weighted by molar-refractivity contribution is 0.0200. The normalized spacial score (nSPS) is 23.9. The van der Waals surface area contributed by atoms with Crippen LogP contribution in [-0.4, -0.2) is 19.3 Å². The highest BCUT2D eigenvalue weighted by atomic mass is 79.9. The van der Waals surface area contributed by atoms with E-state index in [-0.39, 0.29) is 10.4 Å². The van der Waals surface area contributed by atoms with Gasteiger partial charge in [-0.05, 0) is 36.8 Å². The number of halogens is 1. The quantitative estimate of drug-likeness (QED) is 0.746. The highest BCUT2D eigenvalue weighted by molar-refractivity contribution is 9.09. The Morgan fingerprint density at radius 1 is 1.20 bits per heavy atom. The van der Waals surface area contributed by atoms with E-state index < -0.39 is 0 Å².